The van der Waals surface area contributed by atoms with Crippen LogP contribution in [0, 0.1) is 11.3 Å². The van der Waals surface area contributed by atoms with Crippen molar-refractivity contribution < 1.29 is 9.59 Å². The van der Waals surface area contributed by atoms with E-state index >= 15 is 0 Å². The van der Waals surface area contributed by atoms with Crippen molar-refractivity contribution in [1.82, 2.24) is 14.9 Å². The number of nitriles is 1. The number of likely N-dealkylation sites (N-methyl/N-ethyl adjacent to an activating group) is 1. The Morgan fingerprint density at radius 1 is 1.03 bits per heavy atom. The number of nitrogens with zero attached hydrogens (tertiary/aromatic N) is 4. The average molecular weight is 385 g/mol. The summed E-state index contributed by atoms with van der Waals surface area (Å²) in [6, 6.07) is 13.9. The summed E-state index contributed by atoms with van der Waals surface area (Å²) in [5.41, 5.74) is 2.78. The van der Waals surface area contributed by atoms with E-state index < -0.39 is 0 Å². The lowest BCUT2D eigenvalue weighted by Crippen LogP contribution is -2.29. The average Bonchev–Trinajstić information content (AvgIpc) is 2.78. The highest BCUT2D eigenvalue weighted by Crippen LogP contribution is 2.12. The van der Waals surface area contributed by atoms with E-state index in [-0.39, 0.29) is 17.4 Å². The van der Waals surface area contributed by atoms with E-state index in [0.29, 0.717) is 29.8 Å². The van der Waals surface area contributed by atoms with E-state index in [1.165, 1.54) is 18.5 Å². The maximum Gasteiger partial charge on any atom is 0.257 e. The highest BCUT2D eigenvalue weighted by molar-refractivity contribution is 6.05. The molecule has 1 aromatic carbocycles. The van der Waals surface area contributed by atoms with Crippen LogP contribution in [0.2, 0.25) is 0 Å². The third kappa shape index (κ3) is 5.23. The molecule has 0 spiro atoms. The molecule has 0 saturated heterocycles. The van der Waals surface area contributed by atoms with Crippen molar-refractivity contribution in [3.05, 3.63) is 89.5 Å². The van der Waals surface area contributed by atoms with Gasteiger partial charge >= 0.3 is 0 Å². The van der Waals surface area contributed by atoms with Crippen LogP contribution >= 0.6 is 0 Å². The molecule has 3 aromatic rings. The third-order valence-corrected chi connectivity index (χ3v) is 4.35. The molecule has 144 valence electrons. The Labute approximate surface area is 168 Å². The van der Waals surface area contributed by atoms with Gasteiger partial charge in [0.1, 0.15) is 0 Å². The molecule has 0 fully saturated rings. The van der Waals surface area contributed by atoms with Gasteiger partial charge in [0, 0.05) is 44.1 Å². The number of amides is 2. The lowest BCUT2D eigenvalue weighted by Gasteiger charge is -2.17. The van der Waals surface area contributed by atoms with E-state index in [1.807, 2.05) is 18.2 Å². The summed E-state index contributed by atoms with van der Waals surface area (Å²) in [6.45, 7) is 0.532. The Morgan fingerprint density at radius 3 is 2.41 bits per heavy atom. The first kappa shape index (κ1) is 19.7. The number of nitrogens with one attached hydrogen (secondary N) is 1. The minimum atomic E-state index is -0.378. The van der Waals surface area contributed by atoms with Crippen LogP contribution in [0.25, 0.3) is 0 Å². The smallest absolute Gasteiger partial charge is 0.257 e. The third-order valence-electron chi connectivity index (χ3n) is 4.35. The molecule has 0 aliphatic rings. The largest absolute Gasteiger partial charge is 0.341 e. The standard InChI is InChI=1S/C22H19N5O2/c1-27(11-8-16-6-9-24-10-7-16)22(29)19-12-18(14-25-15-19)21(28)26-20-4-2-17(13-23)3-5-20/h2-7,9-10,12,14-15H,8,11H2,1H3,(H,26,28). The SMILES string of the molecule is CN(CCc1ccncc1)C(=O)c1cncc(C(=O)Nc2ccc(C#N)cc2)c1. The fraction of sp³-hybridized carbons (Fsp3) is 0.136. The quantitative estimate of drug-likeness (QED) is 0.703. The Balaban J connectivity index is 1.65. The van der Waals surface area contributed by atoms with Gasteiger partial charge in [0.2, 0.25) is 0 Å². The summed E-state index contributed by atoms with van der Waals surface area (Å²) in [7, 11) is 1.72. The molecule has 7 nitrogen and oxygen atoms in total. The molecule has 3 rings (SSSR count). The zero-order valence-corrected chi connectivity index (χ0v) is 15.9. The number of pyridine rings is 2. The van der Waals surface area contributed by atoms with Crippen molar-refractivity contribution in [2.24, 2.45) is 0 Å². The molecule has 0 bridgehead atoms. The maximum absolute atomic E-state index is 12.7. The fourth-order valence-corrected chi connectivity index (χ4v) is 2.68. The summed E-state index contributed by atoms with van der Waals surface area (Å²) in [4.78, 5) is 34.8. The number of hydrogen-bond acceptors (Lipinski definition) is 5. The van der Waals surface area contributed by atoms with Gasteiger partial charge in [-0.3, -0.25) is 19.6 Å². The monoisotopic (exact) mass is 385 g/mol. The molecule has 2 amide bonds. The Hall–Kier alpha value is -4.05. The van der Waals surface area contributed by atoms with Crippen molar-refractivity contribution in [2.75, 3.05) is 18.9 Å². The summed E-state index contributed by atoms with van der Waals surface area (Å²) in [5, 5.41) is 11.6. The van der Waals surface area contributed by atoms with Gasteiger partial charge in [-0.15, -0.1) is 0 Å². The van der Waals surface area contributed by atoms with E-state index in [2.05, 4.69) is 15.3 Å². The Kier molecular flexibility index (Phi) is 6.28. The molecular formula is C22H19N5O2. The maximum atomic E-state index is 12.7. The first-order valence-corrected chi connectivity index (χ1v) is 8.98. The van der Waals surface area contributed by atoms with Gasteiger partial charge in [-0.05, 0) is 54.4 Å². The van der Waals surface area contributed by atoms with Crippen molar-refractivity contribution in [3.8, 4) is 6.07 Å². The molecule has 2 aromatic heterocycles. The van der Waals surface area contributed by atoms with Gasteiger partial charge in [0.15, 0.2) is 0 Å². The molecule has 0 saturated carbocycles. The van der Waals surface area contributed by atoms with Crippen molar-refractivity contribution in [2.45, 2.75) is 6.42 Å². The van der Waals surface area contributed by atoms with E-state index in [1.54, 1.807) is 48.6 Å². The summed E-state index contributed by atoms with van der Waals surface area (Å²) < 4.78 is 0. The van der Waals surface area contributed by atoms with Crippen LogP contribution in [0.15, 0.2) is 67.3 Å². The minimum absolute atomic E-state index is 0.209. The van der Waals surface area contributed by atoms with Gasteiger partial charge in [-0.1, -0.05) is 0 Å². The van der Waals surface area contributed by atoms with Crippen molar-refractivity contribution in [3.63, 3.8) is 0 Å². The molecule has 7 heteroatoms. The van der Waals surface area contributed by atoms with Gasteiger partial charge in [-0.25, -0.2) is 0 Å². The van der Waals surface area contributed by atoms with Crippen molar-refractivity contribution >= 4 is 17.5 Å². The number of anilines is 1. The van der Waals surface area contributed by atoms with Crippen molar-refractivity contribution in [1.29, 1.82) is 5.26 Å². The highest BCUT2D eigenvalue weighted by atomic mass is 16.2. The summed E-state index contributed by atoms with van der Waals surface area (Å²) in [5.74, 6) is -0.587. The van der Waals surface area contributed by atoms with E-state index in [9.17, 15) is 9.59 Å². The number of hydrogen-bond donors (Lipinski definition) is 1. The fourth-order valence-electron chi connectivity index (χ4n) is 2.68. The predicted molar refractivity (Wildman–Crippen MR) is 108 cm³/mol. The van der Waals surface area contributed by atoms with Gasteiger partial charge in [-0.2, -0.15) is 5.26 Å². The first-order chi connectivity index (χ1) is 14.1. The summed E-state index contributed by atoms with van der Waals surface area (Å²) >= 11 is 0. The van der Waals surface area contributed by atoms with E-state index in [0.717, 1.165) is 5.56 Å². The number of rotatable bonds is 6. The van der Waals surface area contributed by atoms with Crippen LogP contribution in [0.5, 0.6) is 0 Å². The Morgan fingerprint density at radius 2 is 1.72 bits per heavy atom. The van der Waals surface area contributed by atoms with Gasteiger partial charge < -0.3 is 10.2 Å². The van der Waals surface area contributed by atoms with Crippen LogP contribution in [0.3, 0.4) is 0 Å². The molecule has 29 heavy (non-hydrogen) atoms. The normalized spacial score (nSPS) is 10.1. The van der Waals surface area contributed by atoms with Crippen LogP contribution < -0.4 is 5.32 Å². The zero-order valence-electron chi connectivity index (χ0n) is 15.9. The second-order valence-corrected chi connectivity index (χ2v) is 6.44. The Bertz CT molecular complexity index is 1040. The highest BCUT2D eigenvalue weighted by Gasteiger charge is 2.15. The molecule has 1 N–H and O–H groups in total. The molecule has 0 aliphatic heterocycles. The second-order valence-electron chi connectivity index (χ2n) is 6.44. The molecule has 2 heterocycles. The van der Waals surface area contributed by atoms with Gasteiger partial charge in [0.25, 0.3) is 11.8 Å². The number of carbonyl (C=O) groups is 2. The van der Waals surface area contributed by atoms with Crippen LogP contribution in [0.4, 0.5) is 5.69 Å². The number of benzene rings is 1. The van der Waals surface area contributed by atoms with Gasteiger partial charge in [0.05, 0.1) is 22.8 Å². The summed E-state index contributed by atoms with van der Waals surface area (Å²) in [6.07, 6.45) is 7.00. The molecule has 0 unspecified atom stereocenters. The van der Waals surface area contributed by atoms with Crippen LogP contribution in [0.1, 0.15) is 31.8 Å². The van der Waals surface area contributed by atoms with Crippen LogP contribution in [-0.4, -0.2) is 40.3 Å². The minimum Gasteiger partial charge on any atom is -0.341 e. The van der Waals surface area contributed by atoms with Crippen LogP contribution in [-0.2, 0) is 6.42 Å². The second kappa shape index (κ2) is 9.24. The number of aromatic nitrogens is 2. The predicted octanol–water partition coefficient (Wildman–Crippen LogP) is 2.92. The zero-order chi connectivity index (χ0) is 20.6. The molecule has 0 aliphatic carbocycles. The lowest BCUT2D eigenvalue weighted by molar-refractivity contribution is 0.0796. The molecule has 0 radical (unpaired) electrons. The molecule has 0 atom stereocenters. The lowest BCUT2D eigenvalue weighted by atomic mass is 10.1. The number of carbonyl (C=O) groups excluding carboxylic acids is 2. The first-order valence-electron chi connectivity index (χ1n) is 8.98. The molecular weight excluding hydrogens is 366 g/mol. The topological polar surface area (TPSA) is 99.0 Å². The van der Waals surface area contributed by atoms with E-state index in [4.69, 9.17) is 5.26 Å².